The first-order chi connectivity index (χ1) is 8.72. The van der Waals surface area contributed by atoms with Crippen LogP contribution in [-0.2, 0) is 0 Å². The smallest absolute Gasteiger partial charge is 0.451 e. The molecule has 0 atom stereocenters. The molecule has 0 fully saturated rings. The van der Waals surface area contributed by atoms with Crippen LogP contribution in [0.2, 0.25) is 6.32 Å². The van der Waals surface area contributed by atoms with E-state index in [1.807, 2.05) is 24.3 Å². The van der Waals surface area contributed by atoms with Crippen molar-refractivity contribution < 1.29 is 19.5 Å². The van der Waals surface area contributed by atoms with Gasteiger partial charge in [-0.2, -0.15) is 0 Å². The second-order valence-corrected chi connectivity index (χ2v) is 4.21. The first-order valence-electron chi connectivity index (χ1n) is 6.35. The van der Waals surface area contributed by atoms with Gasteiger partial charge in [0.2, 0.25) is 0 Å². The van der Waals surface area contributed by atoms with E-state index in [0.717, 1.165) is 37.2 Å². The Morgan fingerprint density at radius 1 is 0.944 bits per heavy atom. The highest BCUT2D eigenvalue weighted by atomic mass is 16.5. The zero-order valence-electron chi connectivity index (χ0n) is 10.8. The number of ether oxygens (including phenoxy) is 2. The van der Waals surface area contributed by atoms with Gasteiger partial charge in [-0.1, -0.05) is 19.3 Å². The zero-order chi connectivity index (χ0) is 13.2. The largest absolute Gasteiger partial charge is 0.497 e. The lowest BCUT2D eigenvalue weighted by atomic mass is 9.83. The Kier molecular flexibility index (Phi) is 7.29. The summed E-state index contributed by atoms with van der Waals surface area (Å²) in [6, 6.07) is 7.53. The van der Waals surface area contributed by atoms with Gasteiger partial charge >= 0.3 is 7.12 Å². The number of hydrogen-bond donors (Lipinski definition) is 2. The Labute approximate surface area is 109 Å². The molecule has 1 aromatic carbocycles. The Bertz CT molecular complexity index is 313. The van der Waals surface area contributed by atoms with Crippen molar-refractivity contribution in [1.29, 1.82) is 0 Å². The summed E-state index contributed by atoms with van der Waals surface area (Å²) in [5.74, 6) is 1.67. The quantitative estimate of drug-likeness (QED) is 0.522. The van der Waals surface area contributed by atoms with Crippen molar-refractivity contribution in [3.8, 4) is 11.5 Å². The molecule has 0 aliphatic carbocycles. The van der Waals surface area contributed by atoms with Crippen molar-refractivity contribution in [3.05, 3.63) is 24.3 Å². The van der Waals surface area contributed by atoms with Crippen molar-refractivity contribution >= 4 is 7.12 Å². The average molecular weight is 252 g/mol. The van der Waals surface area contributed by atoms with Gasteiger partial charge in [0, 0.05) is 0 Å². The van der Waals surface area contributed by atoms with Crippen LogP contribution in [0.5, 0.6) is 11.5 Å². The molecule has 0 saturated heterocycles. The molecule has 4 nitrogen and oxygen atoms in total. The summed E-state index contributed by atoms with van der Waals surface area (Å²) in [5.41, 5.74) is 0. The van der Waals surface area contributed by atoms with Gasteiger partial charge in [-0.05, 0) is 37.0 Å². The van der Waals surface area contributed by atoms with Crippen LogP contribution in [0.1, 0.15) is 25.7 Å². The molecule has 0 radical (unpaired) electrons. The second-order valence-electron chi connectivity index (χ2n) is 4.21. The van der Waals surface area contributed by atoms with Gasteiger partial charge in [-0.15, -0.1) is 0 Å². The average Bonchev–Trinajstić information content (AvgIpc) is 2.38. The summed E-state index contributed by atoms with van der Waals surface area (Å²) in [4.78, 5) is 0. The molecule has 0 spiro atoms. The van der Waals surface area contributed by atoms with E-state index in [4.69, 9.17) is 19.5 Å². The summed E-state index contributed by atoms with van der Waals surface area (Å²) < 4.78 is 10.6. The van der Waals surface area contributed by atoms with E-state index in [-0.39, 0.29) is 0 Å². The maximum atomic E-state index is 8.67. The Morgan fingerprint density at radius 3 is 2.17 bits per heavy atom. The highest BCUT2D eigenvalue weighted by molar-refractivity contribution is 6.40. The first-order valence-corrected chi connectivity index (χ1v) is 6.35. The molecule has 0 aliphatic rings. The molecule has 1 aromatic rings. The lowest BCUT2D eigenvalue weighted by Gasteiger charge is -2.07. The molecule has 0 heterocycles. The topological polar surface area (TPSA) is 58.9 Å². The van der Waals surface area contributed by atoms with Gasteiger partial charge in [0.05, 0.1) is 13.7 Å². The molecule has 18 heavy (non-hydrogen) atoms. The monoisotopic (exact) mass is 252 g/mol. The van der Waals surface area contributed by atoms with Crippen molar-refractivity contribution in [1.82, 2.24) is 0 Å². The van der Waals surface area contributed by atoms with Crippen molar-refractivity contribution in [2.24, 2.45) is 0 Å². The van der Waals surface area contributed by atoms with E-state index in [9.17, 15) is 0 Å². The number of hydrogen-bond acceptors (Lipinski definition) is 4. The van der Waals surface area contributed by atoms with E-state index in [2.05, 4.69) is 0 Å². The highest BCUT2D eigenvalue weighted by Gasteiger charge is 2.04. The minimum Gasteiger partial charge on any atom is -0.497 e. The molecule has 0 aliphatic heterocycles. The van der Waals surface area contributed by atoms with Crippen LogP contribution in [0.25, 0.3) is 0 Å². The molecule has 5 heteroatoms. The van der Waals surface area contributed by atoms with E-state index in [0.29, 0.717) is 12.9 Å². The second kappa shape index (κ2) is 8.83. The fourth-order valence-corrected chi connectivity index (χ4v) is 1.64. The molecule has 100 valence electrons. The fraction of sp³-hybridized carbons (Fsp3) is 0.538. The van der Waals surface area contributed by atoms with Gasteiger partial charge in [-0.25, -0.2) is 0 Å². The molecule has 0 unspecified atom stereocenters. The van der Waals surface area contributed by atoms with Crippen LogP contribution in [0.15, 0.2) is 24.3 Å². The van der Waals surface area contributed by atoms with E-state index >= 15 is 0 Å². The molecule has 1 rings (SSSR count). The van der Waals surface area contributed by atoms with E-state index in [1.54, 1.807) is 7.11 Å². The molecular weight excluding hydrogens is 231 g/mol. The maximum absolute atomic E-state index is 8.67. The summed E-state index contributed by atoms with van der Waals surface area (Å²) in [6.45, 7) is 0.688. The van der Waals surface area contributed by atoms with Crippen LogP contribution < -0.4 is 9.47 Å². The molecule has 2 N–H and O–H groups in total. The van der Waals surface area contributed by atoms with E-state index < -0.39 is 7.12 Å². The minimum absolute atomic E-state index is 0.458. The zero-order valence-corrected chi connectivity index (χ0v) is 10.8. The van der Waals surface area contributed by atoms with Gasteiger partial charge in [-0.3, -0.25) is 0 Å². The van der Waals surface area contributed by atoms with Crippen molar-refractivity contribution in [3.63, 3.8) is 0 Å². The highest BCUT2D eigenvalue weighted by Crippen LogP contribution is 2.17. The minimum atomic E-state index is -1.17. The summed E-state index contributed by atoms with van der Waals surface area (Å²) in [5, 5.41) is 17.3. The van der Waals surface area contributed by atoms with Gasteiger partial charge in [0.15, 0.2) is 0 Å². The predicted molar refractivity (Wildman–Crippen MR) is 72.0 cm³/mol. The summed E-state index contributed by atoms with van der Waals surface area (Å²) >= 11 is 0. The summed E-state index contributed by atoms with van der Waals surface area (Å²) in [7, 11) is 0.472. The molecular formula is C13H21BO4. The third-order valence-electron chi connectivity index (χ3n) is 2.68. The van der Waals surface area contributed by atoms with Crippen LogP contribution in [0.3, 0.4) is 0 Å². The first kappa shape index (κ1) is 14.9. The Morgan fingerprint density at radius 2 is 1.56 bits per heavy atom. The van der Waals surface area contributed by atoms with Gasteiger partial charge in [0.1, 0.15) is 11.5 Å². The number of unbranched alkanes of at least 4 members (excludes halogenated alkanes) is 3. The van der Waals surface area contributed by atoms with Crippen LogP contribution in [0, 0.1) is 0 Å². The maximum Gasteiger partial charge on any atom is 0.451 e. The number of benzene rings is 1. The third kappa shape index (κ3) is 6.52. The van der Waals surface area contributed by atoms with Crippen molar-refractivity contribution in [2.75, 3.05) is 13.7 Å². The van der Waals surface area contributed by atoms with Crippen LogP contribution >= 0.6 is 0 Å². The van der Waals surface area contributed by atoms with Gasteiger partial charge < -0.3 is 19.5 Å². The molecule has 0 bridgehead atoms. The number of methoxy groups -OCH3 is 1. The Hall–Kier alpha value is -1.20. The molecule has 0 amide bonds. The SMILES string of the molecule is COc1ccc(OCCCCCCB(O)O)cc1. The van der Waals surface area contributed by atoms with Crippen LogP contribution in [-0.4, -0.2) is 30.9 Å². The standard InChI is InChI=1S/C13H21BO4/c1-17-12-6-8-13(9-7-12)18-11-5-3-2-4-10-14(15)16/h6-9,15-16H,2-5,10-11H2,1H3. The third-order valence-corrected chi connectivity index (χ3v) is 2.68. The lowest BCUT2D eigenvalue weighted by Crippen LogP contribution is -2.09. The fourth-order valence-electron chi connectivity index (χ4n) is 1.64. The predicted octanol–water partition coefficient (Wildman–Crippen LogP) is 2.11. The molecule has 0 aromatic heterocycles. The lowest BCUT2D eigenvalue weighted by molar-refractivity contribution is 0.304. The number of rotatable bonds is 9. The summed E-state index contributed by atoms with van der Waals surface area (Å²) in [6.07, 6.45) is 4.33. The van der Waals surface area contributed by atoms with E-state index in [1.165, 1.54) is 0 Å². The Balaban J connectivity index is 2.03. The molecule has 0 saturated carbocycles. The normalized spacial score (nSPS) is 10.2. The van der Waals surface area contributed by atoms with Crippen molar-refractivity contribution in [2.45, 2.75) is 32.0 Å². The van der Waals surface area contributed by atoms with Gasteiger partial charge in [0.25, 0.3) is 0 Å². The van der Waals surface area contributed by atoms with Crippen LogP contribution in [0.4, 0.5) is 0 Å².